The molecule has 0 aliphatic carbocycles. The molecule has 2 N–H and O–H groups in total. The molecule has 0 bridgehead atoms. The maximum absolute atomic E-state index is 13.7. The van der Waals surface area contributed by atoms with Crippen molar-refractivity contribution < 1.29 is 4.39 Å². The second-order valence-corrected chi connectivity index (χ2v) is 5.52. The van der Waals surface area contributed by atoms with Crippen LogP contribution in [0.4, 0.5) is 10.2 Å². The van der Waals surface area contributed by atoms with Gasteiger partial charge in [0.1, 0.15) is 23.7 Å². The standard InChI is InChI=1S/C17H13FN6O/c1-23-7-3-6-12(17(23)25)24-15(10-4-2-5-11(18)8-10)22-13-14(19)20-9-21-16(13)24/h2-9H,1H3,(H2,19,20,21). The number of anilines is 1. The summed E-state index contributed by atoms with van der Waals surface area (Å²) in [6.07, 6.45) is 2.95. The fourth-order valence-corrected chi connectivity index (χ4v) is 2.71. The molecular formula is C17H13FN6O. The number of rotatable bonds is 2. The number of halogens is 1. The summed E-state index contributed by atoms with van der Waals surface area (Å²) in [6, 6.07) is 9.36. The molecule has 0 unspecified atom stereocenters. The Balaban J connectivity index is 2.15. The van der Waals surface area contributed by atoms with Gasteiger partial charge in [-0.2, -0.15) is 0 Å². The number of fused-ring (bicyclic) bond motifs is 1. The fraction of sp³-hybridized carbons (Fsp3) is 0.0588. The molecule has 124 valence electrons. The van der Waals surface area contributed by atoms with Crippen molar-refractivity contribution in [2.45, 2.75) is 0 Å². The summed E-state index contributed by atoms with van der Waals surface area (Å²) in [7, 11) is 1.65. The van der Waals surface area contributed by atoms with Gasteiger partial charge in [-0.25, -0.2) is 19.3 Å². The number of nitrogen functional groups attached to an aromatic ring is 1. The third-order valence-corrected chi connectivity index (χ3v) is 3.90. The molecule has 4 rings (SSSR count). The maximum Gasteiger partial charge on any atom is 0.274 e. The molecule has 0 fully saturated rings. The van der Waals surface area contributed by atoms with Crippen LogP contribution in [0.3, 0.4) is 0 Å². The first-order valence-electron chi connectivity index (χ1n) is 7.47. The molecule has 0 atom stereocenters. The Labute approximate surface area is 141 Å². The van der Waals surface area contributed by atoms with Crippen molar-refractivity contribution in [2.75, 3.05) is 5.73 Å². The Morgan fingerprint density at radius 2 is 2.00 bits per heavy atom. The van der Waals surface area contributed by atoms with Crippen molar-refractivity contribution in [3.8, 4) is 17.1 Å². The zero-order valence-corrected chi connectivity index (χ0v) is 13.2. The molecule has 0 radical (unpaired) electrons. The van der Waals surface area contributed by atoms with Crippen molar-refractivity contribution in [3.05, 3.63) is 65.1 Å². The largest absolute Gasteiger partial charge is 0.382 e. The molecule has 7 nitrogen and oxygen atoms in total. The molecule has 0 amide bonds. The summed E-state index contributed by atoms with van der Waals surface area (Å²) in [5.41, 5.74) is 7.25. The highest BCUT2D eigenvalue weighted by atomic mass is 19.1. The summed E-state index contributed by atoms with van der Waals surface area (Å²) < 4.78 is 16.7. The molecule has 3 heterocycles. The SMILES string of the molecule is Cn1cccc(-n2c(-c3cccc(F)c3)nc3c(N)ncnc32)c1=O. The van der Waals surface area contributed by atoms with Gasteiger partial charge in [-0.3, -0.25) is 9.36 Å². The molecule has 0 saturated heterocycles. The first-order valence-corrected chi connectivity index (χ1v) is 7.47. The summed E-state index contributed by atoms with van der Waals surface area (Å²) in [5.74, 6) is 0.148. The van der Waals surface area contributed by atoms with Gasteiger partial charge in [0.05, 0.1) is 0 Å². The molecular weight excluding hydrogens is 323 g/mol. The molecule has 0 saturated carbocycles. The first-order chi connectivity index (χ1) is 12.1. The van der Waals surface area contributed by atoms with E-state index in [4.69, 9.17) is 5.73 Å². The van der Waals surface area contributed by atoms with Crippen molar-refractivity contribution in [1.29, 1.82) is 0 Å². The molecule has 0 aliphatic rings. The van der Waals surface area contributed by atoms with Crippen LogP contribution in [0.25, 0.3) is 28.2 Å². The smallest absolute Gasteiger partial charge is 0.274 e. The Hall–Kier alpha value is -3.55. The van der Waals surface area contributed by atoms with E-state index in [9.17, 15) is 9.18 Å². The van der Waals surface area contributed by atoms with Crippen molar-refractivity contribution in [3.63, 3.8) is 0 Å². The lowest BCUT2D eigenvalue weighted by atomic mass is 10.2. The van der Waals surface area contributed by atoms with Gasteiger partial charge in [-0.1, -0.05) is 12.1 Å². The number of aryl methyl sites for hydroxylation is 1. The van der Waals surface area contributed by atoms with Gasteiger partial charge >= 0.3 is 0 Å². The minimum Gasteiger partial charge on any atom is -0.382 e. The van der Waals surface area contributed by atoms with Crippen LogP contribution in [0.15, 0.2) is 53.7 Å². The molecule has 1 aromatic carbocycles. The fourth-order valence-electron chi connectivity index (χ4n) is 2.71. The summed E-state index contributed by atoms with van der Waals surface area (Å²) in [5, 5.41) is 0. The summed E-state index contributed by atoms with van der Waals surface area (Å²) >= 11 is 0. The Bertz CT molecular complexity index is 1160. The number of imidazole rings is 1. The van der Waals surface area contributed by atoms with E-state index >= 15 is 0 Å². The highest BCUT2D eigenvalue weighted by molar-refractivity contribution is 5.87. The third-order valence-electron chi connectivity index (χ3n) is 3.90. The predicted octanol–water partition coefficient (Wildman–Crippen LogP) is 1.90. The third kappa shape index (κ3) is 2.35. The molecule has 25 heavy (non-hydrogen) atoms. The lowest BCUT2D eigenvalue weighted by Gasteiger charge is -2.09. The van der Waals surface area contributed by atoms with Crippen LogP contribution in [-0.2, 0) is 7.05 Å². The number of hydrogen-bond donors (Lipinski definition) is 1. The highest BCUT2D eigenvalue weighted by Crippen LogP contribution is 2.28. The highest BCUT2D eigenvalue weighted by Gasteiger charge is 2.20. The van der Waals surface area contributed by atoms with Gasteiger partial charge in [-0.15, -0.1) is 0 Å². The predicted molar refractivity (Wildman–Crippen MR) is 91.7 cm³/mol. The molecule has 8 heteroatoms. The monoisotopic (exact) mass is 336 g/mol. The van der Waals surface area contributed by atoms with E-state index in [1.54, 1.807) is 42.1 Å². The van der Waals surface area contributed by atoms with Gasteiger partial charge < -0.3 is 10.3 Å². The number of hydrogen-bond acceptors (Lipinski definition) is 5. The van der Waals surface area contributed by atoms with Crippen LogP contribution in [0.2, 0.25) is 0 Å². The Kier molecular flexibility index (Phi) is 3.31. The van der Waals surface area contributed by atoms with E-state index in [0.29, 0.717) is 28.2 Å². The van der Waals surface area contributed by atoms with Crippen LogP contribution < -0.4 is 11.3 Å². The topological polar surface area (TPSA) is 91.6 Å². The Morgan fingerprint density at radius 3 is 2.80 bits per heavy atom. The van der Waals surface area contributed by atoms with Crippen molar-refractivity contribution >= 4 is 17.0 Å². The van der Waals surface area contributed by atoms with E-state index in [1.165, 1.54) is 23.0 Å². The van der Waals surface area contributed by atoms with Crippen LogP contribution in [0, 0.1) is 5.82 Å². The molecule has 0 spiro atoms. The van der Waals surface area contributed by atoms with Crippen LogP contribution in [0.5, 0.6) is 0 Å². The summed E-state index contributed by atoms with van der Waals surface area (Å²) in [6.45, 7) is 0. The molecule has 0 aliphatic heterocycles. The second kappa shape index (κ2) is 5.52. The minimum absolute atomic E-state index is 0.189. The van der Waals surface area contributed by atoms with Crippen LogP contribution >= 0.6 is 0 Å². The normalized spacial score (nSPS) is 11.1. The quantitative estimate of drug-likeness (QED) is 0.604. The van der Waals surface area contributed by atoms with E-state index in [0.717, 1.165) is 0 Å². The minimum atomic E-state index is -0.406. The van der Waals surface area contributed by atoms with Crippen molar-refractivity contribution in [2.24, 2.45) is 7.05 Å². The number of nitrogens with zero attached hydrogens (tertiary/aromatic N) is 5. The van der Waals surface area contributed by atoms with Crippen LogP contribution in [-0.4, -0.2) is 24.1 Å². The second-order valence-electron chi connectivity index (χ2n) is 5.52. The zero-order valence-electron chi connectivity index (χ0n) is 13.2. The maximum atomic E-state index is 13.7. The first kappa shape index (κ1) is 15.0. The number of nitrogens with two attached hydrogens (primary N) is 1. The van der Waals surface area contributed by atoms with Gasteiger partial charge in [0, 0.05) is 18.8 Å². The molecule has 3 aromatic heterocycles. The van der Waals surface area contributed by atoms with E-state index in [-0.39, 0.29) is 11.4 Å². The average Bonchev–Trinajstić information content (AvgIpc) is 2.98. The van der Waals surface area contributed by atoms with E-state index in [2.05, 4.69) is 15.0 Å². The van der Waals surface area contributed by atoms with Gasteiger partial charge in [0.25, 0.3) is 5.56 Å². The number of benzene rings is 1. The Morgan fingerprint density at radius 1 is 1.16 bits per heavy atom. The zero-order chi connectivity index (χ0) is 17.6. The van der Waals surface area contributed by atoms with Gasteiger partial charge in [0.2, 0.25) is 0 Å². The van der Waals surface area contributed by atoms with Crippen LogP contribution in [0.1, 0.15) is 0 Å². The lowest BCUT2D eigenvalue weighted by Crippen LogP contribution is -2.21. The number of pyridine rings is 1. The van der Waals surface area contributed by atoms with Crippen molar-refractivity contribution in [1.82, 2.24) is 24.1 Å². The van der Waals surface area contributed by atoms with E-state index < -0.39 is 5.82 Å². The van der Waals surface area contributed by atoms with Gasteiger partial charge in [0.15, 0.2) is 17.0 Å². The summed E-state index contributed by atoms with van der Waals surface area (Å²) in [4.78, 5) is 25.2. The number of aromatic nitrogens is 5. The average molecular weight is 336 g/mol. The molecule has 4 aromatic rings. The van der Waals surface area contributed by atoms with Gasteiger partial charge in [-0.05, 0) is 24.3 Å². The lowest BCUT2D eigenvalue weighted by molar-refractivity contribution is 0.628. The van der Waals surface area contributed by atoms with E-state index in [1.807, 2.05) is 0 Å².